The van der Waals surface area contributed by atoms with Crippen LogP contribution in [0.5, 0.6) is 5.75 Å². The molecular formula is C45H42ClN11O3S. The van der Waals surface area contributed by atoms with Gasteiger partial charge in [-0.25, -0.2) is 4.98 Å². The number of ether oxygens (including phenoxy) is 1. The topological polar surface area (TPSA) is 173 Å². The molecule has 16 heteroatoms. The van der Waals surface area contributed by atoms with Crippen molar-refractivity contribution in [1.29, 1.82) is 5.26 Å². The van der Waals surface area contributed by atoms with E-state index < -0.39 is 0 Å². The molecule has 5 aromatic heterocycles. The third kappa shape index (κ3) is 8.49. The Hall–Kier alpha value is -6.42. The smallest absolute Gasteiger partial charge is 0.272 e. The van der Waals surface area contributed by atoms with Crippen LogP contribution in [0, 0.1) is 49.9 Å². The highest BCUT2D eigenvalue weighted by Gasteiger charge is 2.33. The van der Waals surface area contributed by atoms with E-state index in [1.54, 1.807) is 48.1 Å². The van der Waals surface area contributed by atoms with E-state index in [0.29, 0.717) is 34.3 Å². The van der Waals surface area contributed by atoms with Gasteiger partial charge in [0.15, 0.2) is 23.2 Å². The van der Waals surface area contributed by atoms with Gasteiger partial charge in [-0.2, -0.15) is 5.26 Å². The molecule has 61 heavy (non-hydrogen) atoms. The maximum Gasteiger partial charge on any atom is 0.272 e. The van der Waals surface area contributed by atoms with Gasteiger partial charge in [0.05, 0.1) is 40.7 Å². The SMILES string of the molecule is Cc1sc2c(c1C)C(c1ccc(C#CC3CCN(c4ccc(C(=O)NC5CCC(Oc6ccc(C#N)c(Cl)c6)CC5)nn4)CC3)cn1)=N[C@@H](Cc1ncco1)c1nnc(C)n1-2. The van der Waals surface area contributed by atoms with Gasteiger partial charge in [0.2, 0.25) is 0 Å². The van der Waals surface area contributed by atoms with Crippen LogP contribution in [0.2, 0.25) is 5.02 Å². The minimum absolute atomic E-state index is 0.0222. The Labute approximate surface area is 362 Å². The van der Waals surface area contributed by atoms with Crippen molar-refractivity contribution in [3.8, 4) is 28.7 Å². The van der Waals surface area contributed by atoms with E-state index in [2.05, 4.69) is 71.9 Å². The van der Waals surface area contributed by atoms with Gasteiger partial charge in [-0.15, -0.1) is 31.7 Å². The number of anilines is 1. The fraction of sp³-hybridized carbons (Fsp3) is 0.356. The predicted octanol–water partition coefficient (Wildman–Crippen LogP) is 7.48. The number of aliphatic imine (C=N–C) groups is 1. The van der Waals surface area contributed by atoms with Gasteiger partial charge in [0, 0.05) is 53.3 Å². The normalized spacial score (nSPS) is 18.8. The van der Waals surface area contributed by atoms with Gasteiger partial charge < -0.3 is 19.4 Å². The number of carbonyl (C=O) groups excluding carboxylic acids is 1. The van der Waals surface area contributed by atoms with Crippen LogP contribution in [-0.2, 0) is 6.42 Å². The van der Waals surface area contributed by atoms with Crippen LogP contribution in [0.25, 0.3) is 5.00 Å². The van der Waals surface area contributed by atoms with Crippen LogP contribution >= 0.6 is 22.9 Å². The number of benzene rings is 1. The Balaban J connectivity index is 0.790. The van der Waals surface area contributed by atoms with Crippen molar-refractivity contribution in [2.45, 2.75) is 83.9 Å². The lowest BCUT2D eigenvalue weighted by atomic mass is 9.93. The van der Waals surface area contributed by atoms with Crippen LogP contribution in [0.15, 0.2) is 70.5 Å². The predicted molar refractivity (Wildman–Crippen MR) is 230 cm³/mol. The number of nitriles is 1. The molecule has 1 atom stereocenters. The number of aryl methyl sites for hydroxylation is 2. The summed E-state index contributed by atoms with van der Waals surface area (Å²) < 4.78 is 13.8. The van der Waals surface area contributed by atoms with Crippen molar-refractivity contribution in [3.63, 3.8) is 0 Å². The van der Waals surface area contributed by atoms with Crippen LogP contribution in [0.1, 0.15) is 105 Å². The molecule has 1 amide bonds. The largest absolute Gasteiger partial charge is 0.490 e. The summed E-state index contributed by atoms with van der Waals surface area (Å²) in [7, 11) is 0. The van der Waals surface area contributed by atoms with Gasteiger partial charge in [-0.3, -0.25) is 19.3 Å². The van der Waals surface area contributed by atoms with Gasteiger partial charge in [0.25, 0.3) is 5.91 Å². The summed E-state index contributed by atoms with van der Waals surface area (Å²) >= 11 is 7.87. The van der Waals surface area contributed by atoms with E-state index in [-0.39, 0.29) is 30.0 Å². The molecule has 3 aliphatic rings. The molecule has 0 radical (unpaired) electrons. The fourth-order valence-corrected chi connectivity index (χ4v) is 9.54. The first-order valence-corrected chi connectivity index (χ1v) is 21.6. The number of carbonyl (C=O) groups is 1. The second kappa shape index (κ2) is 17.3. The lowest BCUT2D eigenvalue weighted by Crippen LogP contribution is -2.40. The number of pyridine rings is 1. The fourth-order valence-electron chi connectivity index (χ4n) is 8.12. The number of aromatic nitrogens is 7. The number of thiophene rings is 1. The Kier molecular flexibility index (Phi) is 11.3. The van der Waals surface area contributed by atoms with Crippen molar-refractivity contribution in [2.24, 2.45) is 10.9 Å². The molecular weight excluding hydrogens is 810 g/mol. The summed E-state index contributed by atoms with van der Waals surface area (Å²) in [4.78, 5) is 31.0. The molecule has 1 aromatic carbocycles. The van der Waals surface area contributed by atoms with Crippen LogP contribution in [0.3, 0.4) is 0 Å². The third-order valence-electron chi connectivity index (χ3n) is 11.6. The van der Waals surface area contributed by atoms with Crippen molar-refractivity contribution >= 4 is 40.4 Å². The van der Waals surface area contributed by atoms with E-state index in [1.807, 2.05) is 31.3 Å². The quantitative estimate of drug-likeness (QED) is 0.151. The molecule has 9 rings (SSSR count). The summed E-state index contributed by atoms with van der Waals surface area (Å²) in [6.07, 6.45) is 10.4. The monoisotopic (exact) mass is 851 g/mol. The standard InChI is InChI=1S/C45H42ClN11O3S/c1-26-27(2)61-45-41(26)42(51-38(23-40-48-18-21-59-40)43-55-52-28(3)57(43)45)36-13-6-30(25-49-36)5-4-29-16-19-56(20-17-29)39-15-14-37(53-54-39)44(58)50-32-8-11-33(12-9-32)60-34-10-7-31(24-47)35(46)22-34/h6-7,10,13-15,18,21-22,25,29,32-33,38H,8-9,11-12,16-17,19-20,23H2,1-3H3,(H,50,58)/t32?,33?,38-/m0/s1. The zero-order valence-electron chi connectivity index (χ0n) is 33.9. The molecule has 0 spiro atoms. The number of halogens is 1. The summed E-state index contributed by atoms with van der Waals surface area (Å²) in [5, 5.41) is 31.3. The minimum atomic E-state index is -0.364. The maximum atomic E-state index is 13.1. The average molecular weight is 852 g/mol. The highest BCUT2D eigenvalue weighted by Crippen LogP contribution is 2.39. The van der Waals surface area contributed by atoms with Crippen molar-refractivity contribution in [2.75, 3.05) is 18.0 Å². The maximum absolute atomic E-state index is 13.1. The lowest BCUT2D eigenvalue weighted by Gasteiger charge is -2.30. The number of hydrogen-bond donors (Lipinski definition) is 1. The number of oxazole rings is 1. The molecule has 0 unspecified atom stereocenters. The molecule has 6 aromatic rings. The zero-order chi connectivity index (χ0) is 42.0. The van der Waals surface area contributed by atoms with Gasteiger partial charge in [-0.1, -0.05) is 23.4 Å². The number of nitrogens with one attached hydrogen (secondary N) is 1. The highest BCUT2D eigenvalue weighted by atomic mass is 35.5. The number of piperidine rings is 1. The molecule has 1 saturated carbocycles. The van der Waals surface area contributed by atoms with E-state index in [4.69, 9.17) is 36.0 Å². The molecule has 1 N–H and O–H groups in total. The summed E-state index contributed by atoms with van der Waals surface area (Å²) in [6.45, 7) is 7.80. The van der Waals surface area contributed by atoms with E-state index in [9.17, 15) is 4.79 Å². The first-order valence-electron chi connectivity index (χ1n) is 20.4. The first-order chi connectivity index (χ1) is 29.7. The Bertz CT molecular complexity index is 2690. The molecule has 14 nitrogen and oxygen atoms in total. The van der Waals surface area contributed by atoms with Crippen LogP contribution in [0.4, 0.5) is 5.82 Å². The minimum Gasteiger partial charge on any atom is -0.490 e. The van der Waals surface area contributed by atoms with Crippen LogP contribution < -0.4 is 15.0 Å². The molecule has 1 aliphatic carbocycles. The van der Waals surface area contributed by atoms with E-state index >= 15 is 0 Å². The van der Waals surface area contributed by atoms with Gasteiger partial charge in [0.1, 0.15) is 34.9 Å². The van der Waals surface area contributed by atoms with E-state index in [0.717, 1.165) is 102 Å². The Morgan fingerprint density at radius 2 is 1.84 bits per heavy atom. The number of fused-ring (bicyclic) bond motifs is 3. The van der Waals surface area contributed by atoms with Crippen molar-refractivity contribution < 1.29 is 13.9 Å². The molecule has 7 heterocycles. The highest BCUT2D eigenvalue weighted by molar-refractivity contribution is 7.15. The second-order valence-electron chi connectivity index (χ2n) is 15.6. The third-order valence-corrected chi connectivity index (χ3v) is 13.1. The second-order valence-corrected chi connectivity index (χ2v) is 17.2. The molecule has 0 bridgehead atoms. The summed E-state index contributed by atoms with van der Waals surface area (Å²) in [6, 6.07) is 14.5. The number of amides is 1. The Morgan fingerprint density at radius 3 is 2.54 bits per heavy atom. The molecule has 308 valence electrons. The molecule has 2 aliphatic heterocycles. The van der Waals surface area contributed by atoms with E-state index in [1.165, 1.54) is 4.88 Å². The zero-order valence-corrected chi connectivity index (χ0v) is 35.5. The number of rotatable bonds is 8. The average Bonchev–Trinajstić information content (AvgIpc) is 3.99. The van der Waals surface area contributed by atoms with Crippen molar-refractivity contribution in [3.05, 3.63) is 122 Å². The first kappa shape index (κ1) is 40.0. The van der Waals surface area contributed by atoms with Gasteiger partial charge >= 0.3 is 0 Å². The Morgan fingerprint density at radius 1 is 1.00 bits per heavy atom. The number of hydrogen-bond acceptors (Lipinski definition) is 13. The molecule has 2 fully saturated rings. The summed E-state index contributed by atoms with van der Waals surface area (Å²) in [5.41, 5.74) is 5.33. The number of nitrogens with zero attached hydrogens (tertiary/aromatic N) is 10. The summed E-state index contributed by atoms with van der Waals surface area (Å²) in [5.74, 6) is 10.4. The lowest BCUT2D eigenvalue weighted by molar-refractivity contribution is 0.0888. The van der Waals surface area contributed by atoms with Crippen molar-refractivity contribution in [1.82, 2.24) is 40.2 Å². The molecule has 1 saturated heterocycles. The van der Waals surface area contributed by atoms with Gasteiger partial charge in [-0.05, 0) is 101 Å². The van der Waals surface area contributed by atoms with Crippen LogP contribution in [-0.4, -0.2) is 71.8 Å².